The van der Waals surface area contributed by atoms with E-state index in [1.165, 1.54) is 0 Å². The molecule has 1 saturated heterocycles. The third kappa shape index (κ3) is 4.55. The van der Waals surface area contributed by atoms with Crippen molar-refractivity contribution in [1.29, 1.82) is 0 Å². The summed E-state index contributed by atoms with van der Waals surface area (Å²) in [5, 5.41) is 13.4. The van der Waals surface area contributed by atoms with Gasteiger partial charge in [-0.05, 0) is 37.8 Å². The summed E-state index contributed by atoms with van der Waals surface area (Å²) in [6.45, 7) is 7.06. The summed E-state index contributed by atoms with van der Waals surface area (Å²) >= 11 is 0. The highest BCUT2D eigenvalue weighted by atomic mass is 16.3. The van der Waals surface area contributed by atoms with Crippen molar-refractivity contribution in [2.45, 2.75) is 32.8 Å². The van der Waals surface area contributed by atoms with Gasteiger partial charge in [0, 0.05) is 26.0 Å². The molecular formula is C16H28N4O2. The Morgan fingerprint density at radius 3 is 2.68 bits per heavy atom. The highest BCUT2D eigenvalue weighted by Crippen LogP contribution is 2.29. The average Bonchev–Trinajstić information content (AvgIpc) is 2.91. The number of aliphatic hydroxyl groups excluding tert-OH is 1. The van der Waals surface area contributed by atoms with Crippen molar-refractivity contribution in [1.82, 2.24) is 19.8 Å². The van der Waals surface area contributed by atoms with E-state index in [-0.39, 0.29) is 11.8 Å². The van der Waals surface area contributed by atoms with E-state index in [4.69, 9.17) is 0 Å². The van der Waals surface area contributed by atoms with Crippen molar-refractivity contribution in [3.8, 4) is 0 Å². The topological polar surface area (TPSA) is 70.4 Å². The van der Waals surface area contributed by atoms with Gasteiger partial charge in [0.05, 0.1) is 6.54 Å². The van der Waals surface area contributed by atoms with Gasteiger partial charge in [0.25, 0.3) is 0 Å². The van der Waals surface area contributed by atoms with E-state index in [1.807, 2.05) is 17.8 Å². The maximum absolute atomic E-state index is 11.8. The molecule has 1 aromatic heterocycles. The van der Waals surface area contributed by atoms with Gasteiger partial charge in [-0.2, -0.15) is 0 Å². The third-order valence-electron chi connectivity index (χ3n) is 4.28. The molecule has 1 aliphatic heterocycles. The van der Waals surface area contributed by atoms with Crippen molar-refractivity contribution >= 4 is 5.91 Å². The third-order valence-corrected chi connectivity index (χ3v) is 4.28. The number of likely N-dealkylation sites (tertiary alicyclic amines) is 1. The summed E-state index contributed by atoms with van der Waals surface area (Å²) in [5.41, 5.74) is 0. The Kier molecular flexibility index (Phi) is 5.97. The lowest BCUT2D eigenvalue weighted by atomic mass is 9.90. The second-order valence-electron chi connectivity index (χ2n) is 6.65. The number of imidazole rings is 1. The van der Waals surface area contributed by atoms with E-state index in [9.17, 15) is 9.90 Å². The van der Waals surface area contributed by atoms with Gasteiger partial charge in [-0.1, -0.05) is 13.8 Å². The largest absolute Gasteiger partial charge is 0.385 e. The van der Waals surface area contributed by atoms with E-state index in [0.29, 0.717) is 12.5 Å². The Labute approximate surface area is 132 Å². The van der Waals surface area contributed by atoms with Gasteiger partial charge in [-0.15, -0.1) is 0 Å². The molecule has 0 radical (unpaired) electrons. The molecule has 0 spiro atoms. The summed E-state index contributed by atoms with van der Waals surface area (Å²) < 4.78 is 1.87. The standard InChI is InChI=1S/C16H28N4O2/c1-12(2)10-18-14(21)11-20-7-4-13(5-8-20)15(22)16-17-6-9-19(16)3/h6,9,12-13,15,22H,4-5,7-8,10-11H2,1-3H3,(H,18,21). The van der Waals surface area contributed by atoms with Gasteiger partial charge in [-0.3, -0.25) is 9.69 Å². The fraction of sp³-hybridized carbons (Fsp3) is 0.750. The van der Waals surface area contributed by atoms with Crippen LogP contribution >= 0.6 is 0 Å². The molecule has 1 atom stereocenters. The summed E-state index contributed by atoms with van der Waals surface area (Å²) in [6.07, 6.45) is 4.84. The first-order chi connectivity index (χ1) is 10.5. The van der Waals surface area contributed by atoms with Gasteiger partial charge in [-0.25, -0.2) is 4.98 Å². The summed E-state index contributed by atoms with van der Waals surface area (Å²) in [7, 11) is 1.90. The van der Waals surface area contributed by atoms with Gasteiger partial charge >= 0.3 is 0 Å². The van der Waals surface area contributed by atoms with E-state index in [2.05, 4.69) is 29.0 Å². The van der Waals surface area contributed by atoms with Crippen molar-refractivity contribution in [3.63, 3.8) is 0 Å². The number of hydrogen-bond acceptors (Lipinski definition) is 4. The molecule has 124 valence electrons. The monoisotopic (exact) mass is 308 g/mol. The van der Waals surface area contributed by atoms with Gasteiger partial charge in [0.15, 0.2) is 0 Å². The van der Waals surface area contributed by atoms with Crippen LogP contribution in [0.25, 0.3) is 0 Å². The van der Waals surface area contributed by atoms with Crippen molar-refractivity contribution < 1.29 is 9.90 Å². The molecule has 6 heteroatoms. The van der Waals surface area contributed by atoms with Gasteiger partial charge < -0.3 is 15.0 Å². The minimum Gasteiger partial charge on any atom is -0.385 e. The predicted molar refractivity (Wildman–Crippen MR) is 85.2 cm³/mol. The number of nitrogens with zero attached hydrogens (tertiary/aromatic N) is 3. The average molecular weight is 308 g/mol. The van der Waals surface area contributed by atoms with Crippen LogP contribution in [0.3, 0.4) is 0 Å². The molecule has 6 nitrogen and oxygen atoms in total. The van der Waals surface area contributed by atoms with Crippen molar-refractivity contribution in [3.05, 3.63) is 18.2 Å². The Morgan fingerprint density at radius 2 is 2.14 bits per heavy atom. The highest BCUT2D eigenvalue weighted by molar-refractivity contribution is 5.78. The number of nitrogens with one attached hydrogen (secondary N) is 1. The molecule has 1 amide bonds. The summed E-state index contributed by atoms with van der Waals surface area (Å²) in [5.74, 6) is 1.52. The fourth-order valence-electron chi connectivity index (χ4n) is 2.88. The molecule has 0 bridgehead atoms. The highest BCUT2D eigenvalue weighted by Gasteiger charge is 2.28. The number of piperidine rings is 1. The number of aliphatic hydroxyl groups is 1. The van der Waals surface area contributed by atoms with Gasteiger partial charge in [0.1, 0.15) is 11.9 Å². The predicted octanol–water partition coefficient (Wildman–Crippen LogP) is 0.938. The first kappa shape index (κ1) is 17.0. The second-order valence-corrected chi connectivity index (χ2v) is 6.65. The Bertz CT molecular complexity index is 478. The molecule has 1 fully saturated rings. The first-order valence-electron chi connectivity index (χ1n) is 8.11. The van der Waals surface area contributed by atoms with Crippen LogP contribution in [0.5, 0.6) is 0 Å². The molecule has 2 N–H and O–H groups in total. The molecule has 1 aliphatic rings. The van der Waals surface area contributed by atoms with Crippen LogP contribution in [-0.4, -0.2) is 51.6 Å². The van der Waals surface area contributed by atoms with Crippen LogP contribution in [-0.2, 0) is 11.8 Å². The molecule has 0 aliphatic carbocycles. The van der Waals surface area contributed by atoms with Crippen LogP contribution in [0, 0.1) is 11.8 Å². The molecule has 1 aromatic rings. The number of carbonyl (C=O) groups excluding carboxylic acids is 1. The molecule has 2 rings (SSSR count). The number of amides is 1. The maximum Gasteiger partial charge on any atom is 0.234 e. The zero-order valence-corrected chi connectivity index (χ0v) is 13.8. The van der Waals surface area contributed by atoms with Crippen molar-refractivity contribution in [2.24, 2.45) is 18.9 Å². The number of hydrogen-bond donors (Lipinski definition) is 2. The molecule has 1 unspecified atom stereocenters. The molecule has 2 heterocycles. The van der Waals surface area contributed by atoms with E-state index in [0.717, 1.165) is 38.3 Å². The first-order valence-corrected chi connectivity index (χ1v) is 8.11. The SMILES string of the molecule is CC(C)CNC(=O)CN1CCC(C(O)c2nccn2C)CC1. The smallest absolute Gasteiger partial charge is 0.234 e. The van der Waals surface area contributed by atoms with Crippen molar-refractivity contribution in [2.75, 3.05) is 26.2 Å². The summed E-state index contributed by atoms with van der Waals surface area (Å²) in [6, 6.07) is 0. The molecule has 0 saturated carbocycles. The minimum atomic E-state index is -0.517. The number of aryl methyl sites for hydroxylation is 1. The molecular weight excluding hydrogens is 280 g/mol. The van der Waals surface area contributed by atoms with Crippen LogP contribution in [0.2, 0.25) is 0 Å². The molecule has 22 heavy (non-hydrogen) atoms. The lowest BCUT2D eigenvalue weighted by Gasteiger charge is -2.33. The van der Waals surface area contributed by atoms with Crippen LogP contribution in [0.15, 0.2) is 12.4 Å². The van der Waals surface area contributed by atoms with Crippen LogP contribution < -0.4 is 5.32 Å². The Morgan fingerprint density at radius 1 is 1.45 bits per heavy atom. The number of carbonyl (C=O) groups is 1. The minimum absolute atomic E-state index is 0.0943. The zero-order valence-electron chi connectivity index (χ0n) is 13.8. The van der Waals surface area contributed by atoms with Crippen LogP contribution in [0.1, 0.15) is 38.6 Å². The lowest BCUT2D eigenvalue weighted by Crippen LogP contribution is -2.43. The second kappa shape index (κ2) is 7.74. The number of rotatable bonds is 6. The quantitative estimate of drug-likeness (QED) is 0.820. The van der Waals surface area contributed by atoms with Crippen LogP contribution in [0.4, 0.5) is 0 Å². The fourth-order valence-corrected chi connectivity index (χ4v) is 2.88. The van der Waals surface area contributed by atoms with Gasteiger partial charge in [0.2, 0.25) is 5.91 Å². The lowest BCUT2D eigenvalue weighted by molar-refractivity contribution is -0.122. The molecule has 0 aromatic carbocycles. The Balaban J connectivity index is 1.76. The van der Waals surface area contributed by atoms with E-state index >= 15 is 0 Å². The summed E-state index contributed by atoms with van der Waals surface area (Å²) in [4.78, 5) is 18.2. The van der Waals surface area contributed by atoms with E-state index < -0.39 is 6.10 Å². The normalized spacial score (nSPS) is 18.6. The maximum atomic E-state index is 11.8. The van der Waals surface area contributed by atoms with E-state index in [1.54, 1.807) is 6.20 Å². The zero-order chi connectivity index (χ0) is 16.1. The Hall–Kier alpha value is -1.40. The number of aromatic nitrogens is 2.